The van der Waals surface area contributed by atoms with Crippen LogP contribution in [0.4, 0.5) is 0 Å². The highest BCUT2D eigenvalue weighted by molar-refractivity contribution is 5.94. The van der Waals surface area contributed by atoms with Gasteiger partial charge in [-0.3, -0.25) is 4.79 Å². The minimum atomic E-state index is -0.729. The summed E-state index contributed by atoms with van der Waals surface area (Å²) in [7, 11) is 1.59. The number of nitrogens with one attached hydrogen (secondary N) is 1. The van der Waals surface area contributed by atoms with Gasteiger partial charge in [-0.15, -0.1) is 0 Å². The molecular formula is C21H23NO4. The third-order valence-electron chi connectivity index (χ3n) is 3.72. The summed E-state index contributed by atoms with van der Waals surface area (Å²) in [5.74, 6) is -0.0879. The van der Waals surface area contributed by atoms with Gasteiger partial charge in [0.1, 0.15) is 18.4 Å². The summed E-state index contributed by atoms with van der Waals surface area (Å²) in [6, 6.07) is 14.3. The lowest BCUT2D eigenvalue weighted by atomic mass is 10.1. The van der Waals surface area contributed by atoms with Crippen molar-refractivity contribution in [3.8, 4) is 5.75 Å². The van der Waals surface area contributed by atoms with Crippen LogP contribution in [0.5, 0.6) is 5.75 Å². The summed E-state index contributed by atoms with van der Waals surface area (Å²) in [6.07, 6.45) is 3.05. The maximum Gasteiger partial charge on any atom is 0.328 e. The minimum Gasteiger partial charge on any atom is -0.497 e. The molecule has 0 saturated carbocycles. The van der Waals surface area contributed by atoms with Crippen molar-refractivity contribution in [2.24, 2.45) is 0 Å². The molecule has 0 bridgehead atoms. The first-order valence-corrected chi connectivity index (χ1v) is 8.33. The van der Waals surface area contributed by atoms with Crippen LogP contribution in [0.3, 0.4) is 0 Å². The molecule has 0 aliphatic rings. The molecule has 26 heavy (non-hydrogen) atoms. The number of carbonyl (C=O) groups excluding carboxylic acids is 2. The molecule has 1 atom stereocenters. The number of ether oxygens (including phenoxy) is 2. The van der Waals surface area contributed by atoms with Gasteiger partial charge < -0.3 is 14.8 Å². The van der Waals surface area contributed by atoms with E-state index < -0.39 is 12.0 Å². The van der Waals surface area contributed by atoms with Crippen LogP contribution in [0.15, 0.2) is 54.6 Å². The largest absolute Gasteiger partial charge is 0.497 e. The van der Waals surface area contributed by atoms with E-state index in [0.717, 1.165) is 22.4 Å². The van der Waals surface area contributed by atoms with Gasteiger partial charge in [0.2, 0.25) is 5.91 Å². The van der Waals surface area contributed by atoms with Crippen LogP contribution in [-0.2, 0) is 20.9 Å². The van der Waals surface area contributed by atoms with Crippen LogP contribution >= 0.6 is 0 Å². The number of carbonyl (C=O) groups is 2. The van der Waals surface area contributed by atoms with Crippen LogP contribution in [0, 0.1) is 6.92 Å². The zero-order chi connectivity index (χ0) is 18.9. The number of hydrogen-bond donors (Lipinski definition) is 1. The molecule has 0 fully saturated rings. The zero-order valence-corrected chi connectivity index (χ0v) is 15.2. The molecule has 1 N–H and O–H groups in total. The number of amides is 1. The second-order valence-corrected chi connectivity index (χ2v) is 5.93. The molecule has 5 heteroatoms. The Morgan fingerprint density at radius 1 is 1.15 bits per heavy atom. The Morgan fingerprint density at radius 3 is 2.54 bits per heavy atom. The van der Waals surface area contributed by atoms with Crippen molar-refractivity contribution in [1.82, 2.24) is 5.32 Å². The van der Waals surface area contributed by atoms with E-state index in [2.05, 4.69) is 5.32 Å². The molecule has 136 valence electrons. The minimum absolute atomic E-state index is 0.183. The molecule has 5 nitrogen and oxygen atoms in total. The molecule has 0 heterocycles. The Balaban J connectivity index is 1.81. The quantitative estimate of drug-likeness (QED) is 0.613. The van der Waals surface area contributed by atoms with Gasteiger partial charge in [-0.05, 0) is 43.2 Å². The zero-order valence-electron chi connectivity index (χ0n) is 15.2. The van der Waals surface area contributed by atoms with Gasteiger partial charge in [-0.1, -0.05) is 42.0 Å². The van der Waals surface area contributed by atoms with Crippen molar-refractivity contribution in [2.45, 2.75) is 26.5 Å². The van der Waals surface area contributed by atoms with E-state index >= 15 is 0 Å². The summed E-state index contributed by atoms with van der Waals surface area (Å²) >= 11 is 0. The molecule has 0 unspecified atom stereocenters. The first kappa shape index (κ1) is 19.2. The number of aryl methyl sites for hydroxylation is 1. The molecule has 0 aliphatic carbocycles. The molecule has 0 saturated heterocycles. The third kappa shape index (κ3) is 6.09. The van der Waals surface area contributed by atoms with Gasteiger partial charge in [0.15, 0.2) is 0 Å². The average molecular weight is 353 g/mol. The number of esters is 1. The van der Waals surface area contributed by atoms with Gasteiger partial charge in [-0.25, -0.2) is 4.79 Å². The van der Waals surface area contributed by atoms with Crippen LogP contribution in [-0.4, -0.2) is 25.0 Å². The molecule has 2 rings (SSSR count). The average Bonchev–Trinajstić information content (AvgIpc) is 2.64. The molecular weight excluding hydrogens is 330 g/mol. The molecule has 0 radical (unpaired) electrons. The van der Waals surface area contributed by atoms with Gasteiger partial charge in [0.05, 0.1) is 7.11 Å². The van der Waals surface area contributed by atoms with E-state index in [-0.39, 0.29) is 12.5 Å². The van der Waals surface area contributed by atoms with Crippen molar-refractivity contribution in [1.29, 1.82) is 0 Å². The molecule has 2 aromatic carbocycles. The lowest BCUT2D eigenvalue weighted by Gasteiger charge is -2.12. The number of hydrogen-bond acceptors (Lipinski definition) is 4. The van der Waals surface area contributed by atoms with Crippen LogP contribution in [0.1, 0.15) is 23.6 Å². The maximum absolute atomic E-state index is 12.0. The van der Waals surface area contributed by atoms with Crippen molar-refractivity contribution >= 4 is 18.0 Å². The predicted molar refractivity (Wildman–Crippen MR) is 101 cm³/mol. The summed E-state index contributed by atoms with van der Waals surface area (Å²) < 4.78 is 10.3. The fraction of sp³-hybridized carbons (Fsp3) is 0.238. The number of rotatable bonds is 7. The lowest BCUT2D eigenvalue weighted by Crippen LogP contribution is -2.38. The molecule has 0 aliphatic heterocycles. The van der Waals surface area contributed by atoms with Gasteiger partial charge >= 0.3 is 5.97 Å². The van der Waals surface area contributed by atoms with E-state index in [9.17, 15) is 9.59 Å². The Kier molecular flexibility index (Phi) is 6.97. The maximum atomic E-state index is 12.0. The molecule has 0 spiro atoms. The third-order valence-corrected chi connectivity index (χ3v) is 3.72. The first-order valence-electron chi connectivity index (χ1n) is 8.33. The van der Waals surface area contributed by atoms with Crippen LogP contribution in [0.2, 0.25) is 0 Å². The Labute approximate surface area is 153 Å². The SMILES string of the molecule is COc1ccc(/C=C/C(=O)N[C@@H](C)C(=O)OCc2cccc(C)c2)cc1. The summed E-state index contributed by atoms with van der Waals surface area (Å²) in [5, 5.41) is 2.60. The monoisotopic (exact) mass is 353 g/mol. The predicted octanol–water partition coefficient (Wildman–Crippen LogP) is 3.26. The Hall–Kier alpha value is -3.08. The highest BCUT2D eigenvalue weighted by Gasteiger charge is 2.15. The van der Waals surface area contributed by atoms with E-state index in [4.69, 9.17) is 9.47 Å². The fourth-order valence-electron chi connectivity index (χ4n) is 2.29. The fourth-order valence-corrected chi connectivity index (χ4v) is 2.29. The van der Waals surface area contributed by atoms with E-state index in [0.29, 0.717) is 0 Å². The first-order chi connectivity index (χ1) is 12.5. The van der Waals surface area contributed by atoms with E-state index in [1.54, 1.807) is 20.1 Å². The van der Waals surface area contributed by atoms with Crippen molar-refractivity contribution in [3.05, 3.63) is 71.3 Å². The van der Waals surface area contributed by atoms with Gasteiger partial charge in [0, 0.05) is 6.08 Å². The second-order valence-electron chi connectivity index (χ2n) is 5.93. The molecule has 1 amide bonds. The molecule has 0 aromatic heterocycles. The lowest BCUT2D eigenvalue weighted by molar-refractivity contribution is -0.148. The van der Waals surface area contributed by atoms with Gasteiger partial charge in [0.25, 0.3) is 0 Å². The summed E-state index contributed by atoms with van der Waals surface area (Å²) in [5.41, 5.74) is 2.87. The van der Waals surface area contributed by atoms with E-state index in [1.165, 1.54) is 6.08 Å². The second kappa shape index (κ2) is 9.42. The summed E-state index contributed by atoms with van der Waals surface area (Å²) in [6.45, 7) is 3.75. The summed E-state index contributed by atoms with van der Waals surface area (Å²) in [4.78, 5) is 23.9. The normalized spacial score (nSPS) is 11.8. The van der Waals surface area contributed by atoms with E-state index in [1.807, 2.05) is 55.5 Å². The van der Waals surface area contributed by atoms with Crippen molar-refractivity contribution < 1.29 is 19.1 Å². The standard InChI is InChI=1S/C21H23NO4/c1-15-5-4-6-18(13-15)14-26-21(24)16(2)22-20(23)12-9-17-7-10-19(25-3)11-8-17/h4-13,16H,14H2,1-3H3,(H,22,23)/b12-9+/t16-/m0/s1. The smallest absolute Gasteiger partial charge is 0.328 e. The van der Waals surface area contributed by atoms with Crippen LogP contribution in [0.25, 0.3) is 6.08 Å². The van der Waals surface area contributed by atoms with Gasteiger partial charge in [-0.2, -0.15) is 0 Å². The van der Waals surface area contributed by atoms with Crippen molar-refractivity contribution in [2.75, 3.05) is 7.11 Å². The highest BCUT2D eigenvalue weighted by atomic mass is 16.5. The number of methoxy groups -OCH3 is 1. The Morgan fingerprint density at radius 2 is 1.88 bits per heavy atom. The molecule has 2 aromatic rings. The number of benzene rings is 2. The Bertz CT molecular complexity index is 781. The topological polar surface area (TPSA) is 64.6 Å². The highest BCUT2D eigenvalue weighted by Crippen LogP contribution is 2.12. The van der Waals surface area contributed by atoms with Crippen LogP contribution < -0.4 is 10.1 Å². The van der Waals surface area contributed by atoms with Crippen molar-refractivity contribution in [3.63, 3.8) is 0 Å².